The number of nitro groups is 1. The lowest BCUT2D eigenvalue weighted by molar-refractivity contribution is -0.540. The first-order valence-corrected chi connectivity index (χ1v) is 9.68. The van der Waals surface area contributed by atoms with Gasteiger partial charge in [0.25, 0.3) is 0 Å². The maximum absolute atomic E-state index is 11.5. The summed E-state index contributed by atoms with van der Waals surface area (Å²) in [6.07, 6.45) is 9.52. The lowest BCUT2D eigenvalue weighted by atomic mass is 9.45. The summed E-state index contributed by atoms with van der Waals surface area (Å²) < 4.78 is 0. The van der Waals surface area contributed by atoms with Crippen molar-refractivity contribution in [1.29, 1.82) is 0 Å². The van der Waals surface area contributed by atoms with E-state index in [-0.39, 0.29) is 22.5 Å². The predicted molar refractivity (Wildman–Crippen MR) is 88.5 cm³/mol. The van der Waals surface area contributed by atoms with E-state index in [0.717, 1.165) is 44.4 Å². The van der Waals surface area contributed by atoms with Crippen LogP contribution >= 0.6 is 0 Å². The highest BCUT2D eigenvalue weighted by molar-refractivity contribution is 5.09. The van der Waals surface area contributed by atoms with Gasteiger partial charge in [-0.1, -0.05) is 13.8 Å². The van der Waals surface area contributed by atoms with Crippen LogP contribution in [0.1, 0.15) is 71.6 Å². The lowest BCUT2D eigenvalue weighted by Crippen LogP contribution is -2.55. The molecule has 3 unspecified atom stereocenters. The van der Waals surface area contributed by atoms with Crippen LogP contribution in [0.4, 0.5) is 0 Å². The number of hydrogen-bond acceptors (Lipinski definition) is 3. The van der Waals surface area contributed by atoms with Gasteiger partial charge >= 0.3 is 0 Å². The van der Waals surface area contributed by atoms with E-state index < -0.39 is 0 Å². The molecule has 4 rings (SSSR count). The fourth-order valence-electron chi connectivity index (χ4n) is 7.55. The third-order valence-electron chi connectivity index (χ3n) is 8.84. The van der Waals surface area contributed by atoms with Crippen LogP contribution in [0, 0.1) is 44.6 Å². The normalized spacial score (nSPS) is 55.6. The first-order chi connectivity index (χ1) is 10.9. The SMILES string of the molecule is C[C@]12CCC(O)CC1CC[C@@H]1[C@H]2CC[C@]2(C)C([N+](=O)[O-])CC[C@@H]12. The Labute approximate surface area is 139 Å². The molecule has 0 amide bonds. The minimum atomic E-state index is -0.313. The molecule has 0 radical (unpaired) electrons. The predicted octanol–water partition coefficient (Wildman–Crippen LogP) is 4.04. The number of aliphatic hydroxyl groups excluding tert-OH is 1. The van der Waals surface area contributed by atoms with Gasteiger partial charge in [0.1, 0.15) is 0 Å². The molecule has 0 aromatic rings. The van der Waals surface area contributed by atoms with Crippen molar-refractivity contribution in [3.8, 4) is 0 Å². The van der Waals surface area contributed by atoms with Crippen molar-refractivity contribution >= 4 is 0 Å². The summed E-state index contributed by atoms with van der Waals surface area (Å²) in [5, 5.41) is 21.6. The van der Waals surface area contributed by atoms with E-state index in [1.165, 1.54) is 19.3 Å². The highest BCUT2D eigenvalue weighted by Gasteiger charge is 2.63. The zero-order chi connectivity index (χ0) is 16.4. The Balaban J connectivity index is 1.61. The molecule has 1 N–H and O–H groups in total. The maximum Gasteiger partial charge on any atom is 0.218 e. The molecule has 4 aliphatic rings. The Bertz CT molecular complexity index is 509. The summed E-state index contributed by atoms with van der Waals surface area (Å²) in [6.45, 7) is 4.69. The highest BCUT2D eigenvalue weighted by atomic mass is 16.6. The van der Waals surface area contributed by atoms with Gasteiger partial charge in [-0.25, -0.2) is 0 Å². The number of fused-ring (bicyclic) bond motifs is 5. The van der Waals surface area contributed by atoms with Gasteiger partial charge in [-0.15, -0.1) is 0 Å². The third-order valence-corrected chi connectivity index (χ3v) is 8.84. The topological polar surface area (TPSA) is 63.4 Å². The van der Waals surface area contributed by atoms with Crippen molar-refractivity contribution in [3.63, 3.8) is 0 Å². The molecule has 0 bridgehead atoms. The van der Waals surface area contributed by atoms with Crippen LogP contribution in [0.25, 0.3) is 0 Å². The van der Waals surface area contributed by atoms with Gasteiger partial charge in [0, 0.05) is 16.8 Å². The number of rotatable bonds is 1. The van der Waals surface area contributed by atoms with Crippen molar-refractivity contribution in [2.24, 2.45) is 34.5 Å². The maximum atomic E-state index is 11.5. The van der Waals surface area contributed by atoms with E-state index in [4.69, 9.17) is 0 Å². The molecular formula is C19H31NO3. The number of nitrogens with zero attached hydrogens (tertiary/aromatic N) is 1. The molecule has 4 heteroatoms. The fraction of sp³-hybridized carbons (Fsp3) is 1.00. The van der Waals surface area contributed by atoms with Crippen molar-refractivity contribution in [1.82, 2.24) is 0 Å². The third kappa shape index (κ3) is 2.13. The van der Waals surface area contributed by atoms with Gasteiger partial charge < -0.3 is 5.11 Å². The summed E-state index contributed by atoms with van der Waals surface area (Å²) in [7, 11) is 0. The van der Waals surface area contributed by atoms with Crippen molar-refractivity contribution in [2.45, 2.75) is 83.8 Å². The van der Waals surface area contributed by atoms with Crippen molar-refractivity contribution < 1.29 is 10.0 Å². The molecule has 0 saturated heterocycles. The Morgan fingerprint density at radius 3 is 2.39 bits per heavy atom. The molecule has 23 heavy (non-hydrogen) atoms. The molecule has 0 aromatic heterocycles. The fourth-order valence-corrected chi connectivity index (χ4v) is 7.55. The summed E-state index contributed by atoms with van der Waals surface area (Å²) in [4.78, 5) is 11.5. The largest absolute Gasteiger partial charge is 0.393 e. The van der Waals surface area contributed by atoms with Crippen molar-refractivity contribution in [3.05, 3.63) is 10.1 Å². The first-order valence-electron chi connectivity index (χ1n) is 9.68. The van der Waals surface area contributed by atoms with Gasteiger partial charge in [-0.3, -0.25) is 10.1 Å². The van der Waals surface area contributed by atoms with Gasteiger partial charge in [-0.2, -0.15) is 0 Å². The Morgan fingerprint density at radius 2 is 1.65 bits per heavy atom. The second-order valence-electron chi connectivity index (χ2n) is 9.51. The highest BCUT2D eigenvalue weighted by Crippen LogP contribution is 2.66. The molecule has 0 aliphatic heterocycles. The molecule has 8 atom stereocenters. The number of hydrogen-bond donors (Lipinski definition) is 1. The van der Waals surface area contributed by atoms with Crippen LogP contribution in [0.2, 0.25) is 0 Å². The monoisotopic (exact) mass is 321 g/mol. The van der Waals surface area contributed by atoms with Crippen LogP contribution in [-0.2, 0) is 0 Å². The Kier molecular flexibility index (Phi) is 3.57. The zero-order valence-corrected chi connectivity index (χ0v) is 14.5. The molecule has 0 spiro atoms. The van der Waals surface area contributed by atoms with Crippen molar-refractivity contribution in [2.75, 3.05) is 0 Å². The Hall–Kier alpha value is -0.640. The molecule has 4 saturated carbocycles. The second-order valence-corrected chi connectivity index (χ2v) is 9.51. The van der Waals surface area contributed by atoms with Crippen LogP contribution in [0.5, 0.6) is 0 Å². The second kappa shape index (κ2) is 5.18. The average Bonchev–Trinajstić information content (AvgIpc) is 2.85. The molecular weight excluding hydrogens is 290 g/mol. The molecule has 4 aliphatic carbocycles. The zero-order valence-electron chi connectivity index (χ0n) is 14.5. The molecule has 4 fully saturated rings. The van der Waals surface area contributed by atoms with E-state index in [1.807, 2.05) is 0 Å². The van der Waals surface area contributed by atoms with E-state index in [2.05, 4.69) is 13.8 Å². The molecule has 0 aromatic carbocycles. The minimum Gasteiger partial charge on any atom is -0.393 e. The van der Waals surface area contributed by atoms with Gasteiger partial charge in [-0.05, 0) is 80.5 Å². The minimum absolute atomic E-state index is 0.0185. The Morgan fingerprint density at radius 1 is 0.957 bits per heavy atom. The quantitative estimate of drug-likeness (QED) is 0.585. The van der Waals surface area contributed by atoms with Crippen LogP contribution in [-0.4, -0.2) is 22.2 Å². The van der Waals surface area contributed by atoms with Crippen LogP contribution < -0.4 is 0 Å². The number of aliphatic hydroxyl groups is 1. The molecule has 130 valence electrons. The van der Waals surface area contributed by atoms with Crippen LogP contribution in [0.3, 0.4) is 0 Å². The van der Waals surface area contributed by atoms with Gasteiger partial charge in [0.05, 0.1) is 6.10 Å². The van der Waals surface area contributed by atoms with Crippen LogP contribution in [0.15, 0.2) is 0 Å². The van der Waals surface area contributed by atoms with E-state index >= 15 is 0 Å². The summed E-state index contributed by atoms with van der Waals surface area (Å²) >= 11 is 0. The summed E-state index contributed by atoms with van der Waals surface area (Å²) in [6, 6.07) is -0.313. The van der Waals surface area contributed by atoms with Gasteiger partial charge in [0.2, 0.25) is 6.04 Å². The molecule has 0 heterocycles. The van der Waals surface area contributed by atoms with E-state index in [1.54, 1.807) is 0 Å². The first kappa shape index (κ1) is 15.9. The smallest absolute Gasteiger partial charge is 0.218 e. The lowest BCUT2D eigenvalue weighted by Gasteiger charge is -2.60. The van der Waals surface area contributed by atoms with Gasteiger partial charge in [0.15, 0.2) is 0 Å². The summed E-state index contributed by atoms with van der Waals surface area (Å²) in [5.74, 6) is 2.65. The average molecular weight is 321 g/mol. The van der Waals surface area contributed by atoms with E-state index in [9.17, 15) is 15.2 Å². The standard InChI is InChI=1S/C19H31NO3/c1-18-9-7-13(21)11-12(18)3-4-14-15-5-6-17(20(22)23)19(15,2)10-8-16(14)18/h12-17,21H,3-11H2,1-2H3/t12?,13?,14-,15-,16+,17?,18-,19-/m0/s1. The summed E-state index contributed by atoms with van der Waals surface area (Å²) in [5.41, 5.74) is 0.304. The van der Waals surface area contributed by atoms with E-state index in [0.29, 0.717) is 23.2 Å². The molecule has 4 nitrogen and oxygen atoms in total.